The van der Waals surface area contributed by atoms with E-state index in [1.54, 1.807) is 45.9 Å². The lowest BCUT2D eigenvalue weighted by Crippen LogP contribution is -2.65. The first kappa shape index (κ1) is 112. The summed E-state index contributed by atoms with van der Waals surface area (Å²) < 4.78 is 0. The van der Waals surface area contributed by atoms with Crippen molar-refractivity contribution >= 4 is 141 Å². The van der Waals surface area contributed by atoms with E-state index in [0.29, 0.717) is 36.9 Å². The van der Waals surface area contributed by atoms with Crippen LogP contribution in [0.3, 0.4) is 0 Å². The minimum absolute atomic E-state index is 0.0272. The number of unbranched alkanes of at least 4 members (excludes halogenated alkanes) is 1. The van der Waals surface area contributed by atoms with E-state index in [4.69, 9.17) is 5.73 Å². The Morgan fingerprint density at radius 1 is 0.470 bits per heavy atom. The maximum atomic E-state index is 14.8. The van der Waals surface area contributed by atoms with Gasteiger partial charge in [-0.25, -0.2) is 0 Å². The molecule has 16 atom stereocenters. The SMILES string of the molecule is CC[C@H](C)[C@H](NC(=O)[C@H](CO)NC(=O)[C@H](Cc1ccc(O)cc1)NC(=O)[C@H](CC(=O)O)NC(=O)[C@H](CO)NC(=O)[C@@H](NC(=O)[C@H](Cc1ccccc1)NC(=O)[C@@H](NC(=O)CNC(=O)[C@H](CCC(=O)O)NC(=O)CSCC(=O)NCCN1C(=O)CSC1=O)[C@@H](C)O)[C@@H](C)O)C(=O)N[C@@H](Cc1ccc(O)cc1)C(=O)NC(C)(CC(C)C)C(=O)N[C@@H](CC(=O)O)C(=O)N[C@H](C)CCCCN. The number of amides is 17. The van der Waals surface area contributed by atoms with Crippen LogP contribution in [0.5, 0.6) is 11.5 Å². The summed E-state index contributed by atoms with van der Waals surface area (Å²) >= 11 is 1.60. The van der Waals surface area contributed by atoms with Crippen LogP contribution in [0.15, 0.2) is 78.9 Å². The summed E-state index contributed by atoms with van der Waals surface area (Å²) in [5.74, 6) is -24.3. The number of hydrogen-bond donors (Lipinski definition) is 25. The average Bonchev–Trinajstić information content (AvgIpc) is 0.875. The molecular formula is C84H121N17O29S2. The Bertz CT molecular complexity index is 4480. The molecule has 0 aromatic heterocycles. The summed E-state index contributed by atoms with van der Waals surface area (Å²) in [5.41, 5.74) is 4.56. The zero-order valence-corrected chi connectivity index (χ0v) is 75.8. The van der Waals surface area contributed by atoms with Crippen LogP contribution >= 0.6 is 23.5 Å². The third-order valence-electron chi connectivity index (χ3n) is 20.4. The summed E-state index contributed by atoms with van der Waals surface area (Å²) in [7, 11) is 0. The molecular weight excluding hydrogens is 1780 g/mol. The van der Waals surface area contributed by atoms with Gasteiger partial charge in [0.2, 0.25) is 94.5 Å². The Labute approximate surface area is 768 Å². The number of aliphatic hydroxyl groups excluding tert-OH is 4. The van der Waals surface area contributed by atoms with Gasteiger partial charge in [0, 0.05) is 44.8 Å². The number of imide groups is 1. The molecule has 0 aliphatic carbocycles. The molecule has 1 fully saturated rings. The molecule has 1 heterocycles. The summed E-state index contributed by atoms with van der Waals surface area (Å²) in [6.45, 7) is 8.32. The Morgan fingerprint density at radius 2 is 0.909 bits per heavy atom. The fraction of sp³-hybridized carbons (Fsp3) is 0.548. The zero-order valence-electron chi connectivity index (χ0n) is 74.1. The molecule has 3 aromatic carbocycles. The van der Waals surface area contributed by atoms with Crippen molar-refractivity contribution in [3.8, 4) is 11.5 Å². The second kappa shape index (κ2) is 56.2. The number of nitrogens with zero attached hydrogens (tertiary/aromatic N) is 1. The van der Waals surface area contributed by atoms with E-state index < -0.39 is 278 Å². The molecule has 1 aliphatic heterocycles. The predicted octanol–water partition coefficient (Wildman–Crippen LogP) is -5.72. The smallest absolute Gasteiger partial charge is 0.305 e. The molecule has 0 radical (unpaired) electrons. The number of aromatic hydroxyl groups is 2. The Kier molecular flexibility index (Phi) is 47.5. The monoisotopic (exact) mass is 1900 g/mol. The summed E-state index contributed by atoms with van der Waals surface area (Å²) in [6.07, 6.45) is -6.54. The number of aliphatic carboxylic acids is 3. The molecule has 132 heavy (non-hydrogen) atoms. The zero-order chi connectivity index (χ0) is 98.8. The third-order valence-corrected chi connectivity index (χ3v) is 22.2. The van der Waals surface area contributed by atoms with Gasteiger partial charge in [0.1, 0.15) is 83.5 Å². The van der Waals surface area contributed by atoms with Crippen LogP contribution in [0.1, 0.15) is 130 Å². The van der Waals surface area contributed by atoms with E-state index in [0.717, 1.165) is 42.3 Å². The van der Waals surface area contributed by atoms with E-state index in [9.17, 15) is 142 Å². The fourth-order valence-electron chi connectivity index (χ4n) is 13.2. The number of phenols is 2. The van der Waals surface area contributed by atoms with Crippen LogP contribution in [0.2, 0.25) is 0 Å². The molecule has 1 unspecified atom stereocenters. The first-order valence-corrected chi connectivity index (χ1v) is 44.4. The Balaban J connectivity index is 1.54. The number of hydrogen-bond acceptors (Lipinski definition) is 29. The van der Waals surface area contributed by atoms with Crippen molar-refractivity contribution in [1.82, 2.24) is 84.7 Å². The van der Waals surface area contributed by atoms with Gasteiger partial charge in [-0.3, -0.25) is 101 Å². The van der Waals surface area contributed by atoms with Crippen LogP contribution < -0.4 is 85.5 Å². The Hall–Kier alpha value is -12.6. The lowest BCUT2D eigenvalue weighted by molar-refractivity contribution is -0.142. The highest BCUT2D eigenvalue weighted by molar-refractivity contribution is 8.14. The number of aliphatic hydroxyl groups is 4. The van der Waals surface area contributed by atoms with Gasteiger partial charge in [0.05, 0.1) is 62.1 Å². The molecule has 1 saturated heterocycles. The highest BCUT2D eigenvalue weighted by Gasteiger charge is 2.43. The second-order valence-corrected chi connectivity index (χ2v) is 34.0. The number of benzene rings is 3. The number of nitrogens with one attached hydrogen (secondary N) is 15. The molecule has 0 saturated carbocycles. The fourth-order valence-corrected chi connectivity index (χ4v) is 14.6. The number of rotatable bonds is 59. The molecule has 46 nitrogen and oxygen atoms in total. The van der Waals surface area contributed by atoms with E-state index in [1.807, 2.05) is 0 Å². The second-order valence-electron chi connectivity index (χ2n) is 32.1. The average molecular weight is 1900 g/mol. The van der Waals surface area contributed by atoms with E-state index in [2.05, 4.69) is 79.8 Å². The van der Waals surface area contributed by atoms with Gasteiger partial charge in [-0.05, 0) is 113 Å². The van der Waals surface area contributed by atoms with Crippen LogP contribution in [0, 0.1) is 11.8 Å². The molecule has 17 amide bonds. The number of carbonyl (C=O) groups excluding carboxylic acids is 17. The van der Waals surface area contributed by atoms with Crippen molar-refractivity contribution in [3.05, 3.63) is 95.6 Å². The van der Waals surface area contributed by atoms with Crippen molar-refractivity contribution in [1.29, 1.82) is 0 Å². The number of phenolic OH excluding ortho intramolecular Hbond substituents is 2. The van der Waals surface area contributed by atoms with Gasteiger partial charge in [-0.2, -0.15) is 0 Å². The molecule has 728 valence electrons. The number of carbonyl (C=O) groups is 20. The molecule has 1 aliphatic rings. The molecule has 4 rings (SSSR count). The van der Waals surface area contributed by atoms with Crippen molar-refractivity contribution in [2.24, 2.45) is 17.6 Å². The van der Waals surface area contributed by atoms with Crippen molar-refractivity contribution < 1.29 is 142 Å². The van der Waals surface area contributed by atoms with Gasteiger partial charge in [-0.1, -0.05) is 107 Å². The first-order valence-electron chi connectivity index (χ1n) is 42.3. The van der Waals surface area contributed by atoms with E-state index in [1.165, 1.54) is 74.5 Å². The predicted molar refractivity (Wildman–Crippen MR) is 473 cm³/mol. The van der Waals surface area contributed by atoms with E-state index in [-0.39, 0.29) is 66.8 Å². The number of carboxylic acids is 3. The molecule has 0 bridgehead atoms. The van der Waals surface area contributed by atoms with Crippen LogP contribution in [-0.2, 0) is 110 Å². The van der Waals surface area contributed by atoms with Gasteiger partial charge in [0.15, 0.2) is 0 Å². The number of carboxylic acid groups (broad SMARTS) is 3. The maximum Gasteiger partial charge on any atom is 0.305 e. The van der Waals surface area contributed by atoms with Crippen LogP contribution in [-0.4, -0.2) is 315 Å². The van der Waals surface area contributed by atoms with Gasteiger partial charge in [0.25, 0.3) is 5.24 Å². The normalized spacial score (nSPS) is 15.7. The summed E-state index contributed by atoms with van der Waals surface area (Å²) in [4.78, 5) is 271. The standard InChI is InChI=1S/C84H121N17O29S2/c1-9-44(4)68(79(126)93-56(33-50-20-24-52(107)25-21-50)78(125)100-84(8,36-43(2)3)82(129)96-58(35-67(116)117)72(119)88-45(5)15-13-14-28-85)98-77(124)60(39-103)94-73(120)54(32-49-18-22-51(106)23-19-49)90-74(121)57(34-66(114)115)91-76(123)59(38-102)95-81(128)70(47(7)105)99-75(122)55(31-48-16-11-10-12-17-48)92-80(127)69(46(6)104)97-61(108)37-87-71(118)53(26-27-65(112)113)89-63(110)41-131-40-62(109)86-29-30-101-64(111)42-132-83(101)130/h10-12,16-25,43-47,53-60,68-70,102-107H,9,13-15,26-42,85H2,1-8H3,(H,86,109)(H,87,118)(H,88,119)(H,89,110)(H,90,121)(H,91,123)(H,92,127)(H,93,126)(H,94,120)(H,95,128)(H,96,129)(H,97,108)(H,98,124)(H,99,122)(H,100,125)(H,112,113)(H,114,115)(H,116,117)/t44-,45+,46+,47+,53-,54-,55-,56-,57-,58-,59-,60-,68-,69-,70-,84?/m0/s1. The van der Waals surface area contributed by atoms with Gasteiger partial charge in [-0.15, -0.1) is 11.8 Å². The molecule has 26 N–H and O–H groups in total. The minimum atomic E-state index is -2.23. The van der Waals surface area contributed by atoms with Crippen molar-refractivity contribution in [2.45, 2.75) is 223 Å². The van der Waals surface area contributed by atoms with Crippen molar-refractivity contribution in [2.75, 3.05) is 56.7 Å². The van der Waals surface area contributed by atoms with Crippen LogP contribution in [0.4, 0.5) is 4.79 Å². The molecule has 48 heteroatoms. The number of thioether (sulfide) groups is 2. The topological polar surface area (TPSA) is 733 Å². The van der Waals surface area contributed by atoms with Crippen LogP contribution in [0.25, 0.3) is 0 Å². The van der Waals surface area contributed by atoms with Crippen molar-refractivity contribution in [3.63, 3.8) is 0 Å². The van der Waals surface area contributed by atoms with Gasteiger partial charge >= 0.3 is 17.9 Å². The minimum Gasteiger partial charge on any atom is -0.508 e. The summed E-state index contributed by atoms with van der Waals surface area (Å²) in [5, 5.41) is 128. The lowest BCUT2D eigenvalue weighted by Gasteiger charge is -2.35. The first-order chi connectivity index (χ1) is 62.2. The quantitative estimate of drug-likeness (QED) is 0.0234. The summed E-state index contributed by atoms with van der Waals surface area (Å²) in [6, 6.07) is -3.02. The molecule has 3 aromatic rings. The third kappa shape index (κ3) is 39.2. The lowest BCUT2D eigenvalue weighted by atomic mass is 9.88. The maximum absolute atomic E-state index is 14.8. The largest absolute Gasteiger partial charge is 0.508 e. The highest BCUT2D eigenvalue weighted by atomic mass is 32.2. The Morgan fingerprint density at radius 3 is 1.40 bits per heavy atom. The highest BCUT2D eigenvalue weighted by Crippen LogP contribution is 2.23. The van der Waals surface area contributed by atoms with E-state index >= 15 is 0 Å². The van der Waals surface area contributed by atoms with Gasteiger partial charge < -0.3 is 131 Å². The molecule has 0 spiro atoms. The number of nitrogens with two attached hydrogens (primary N) is 1.